The van der Waals surface area contributed by atoms with E-state index in [1.165, 1.54) is 23.9 Å². The van der Waals surface area contributed by atoms with Crippen molar-refractivity contribution >= 4 is 51.9 Å². The molecular weight excluding hydrogens is 440 g/mol. The van der Waals surface area contributed by atoms with Crippen LogP contribution in [-0.2, 0) is 4.79 Å². The molecule has 0 bridgehead atoms. The number of ether oxygens (including phenoxy) is 1. The first kappa shape index (κ1) is 20.6. The molecule has 31 heavy (non-hydrogen) atoms. The normalized spacial score (nSPS) is 15.8. The number of aromatic nitrogens is 1. The summed E-state index contributed by atoms with van der Waals surface area (Å²) in [4.78, 5) is 31.2. The van der Waals surface area contributed by atoms with E-state index in [0.29, 0.717) is 26.5 Å². The monoisotopic (exact) mass is 452 g/mol. The predicted octanol–water partition coefficient (Wildman–Crippen LogP) is 5.33. The van der Waals surface area contributed by atoms with Gasteiger partial charge in [0, 0.05) is 17.2 Å². The maximum Gasteiger partial charge on any atom is 0.287 e. The SMILES string of the molecule is O=C1NC(=Nc2ccc(Cl)cc2)S/C1=C\c1ccc(Oc2ccc([N+](=O)[O-])cn2)cc1. The summed E-state index contributed by atoms with van der Waals surface area (Å²) in [6, 6.07) is 16.8. The summed E-state index contributed by atoms with van der Waals surface area (Å²) in [6.07, 6.45) is 2.88. The van der Waals surface area contributed by atoms with Crippen molar-refractivity contribution in [3.8, 4) is 11.6 Å². The number of benzene rings is 2. The predicted molar refractivity (Wildman–Crippen MR) is 120 cm³/mol. The van der Waals surface area contributed by atoms with Crippen molar-refractivity contribution in [1.82, 2.24) is 10.3 Å². The molecule has 0 atom stereocenters. The number of aliphatic imine (C=N–C) groups is 1. The van der Waals surface area contributed by atoms with Gasteiger partial charge in [-0.15, -0.1) is 0 Å². The van der Waals surface area contributed by atoms with Gasteiger partial charge in [0.05, 0.1) is 15.5 Å². The van der Waals surface area contributed by atoms with Gasteiger partial charge in [-0.05, 0) is 59.8 Å². The molecule has 0 aliphatic carbocycles. The van der Waals surface area contributed by atoms with Gasteiger partial charge in [0.1, 0.15) is 11.9 Å². The van der Waals surface area contributed by atoms with E-state index in [2.05, 4.69) is 15.3 Å². The number of pyridine rings is 1. The van der Waals surface area contributed by atoms with Crippen molar-refractivity contribution in [3.05, 3.63) is 92.5 Å². The quantitative estimate of drug-likeness (QED) is 0.318. The number of nitrogens with one attached hydrogen (secondary N) is 1. The molecule has 1 amide bonds. The largest absolute Gasteiger partial charge is 0.439 e. The van der Waals surface area contributed by atoms with E-state index >= 15 is 0 Å². The summed E-state index contributed by atoms with van der Waals surface area (Å²) in [7, 11) is 0. The van der Waals surface area contributed by atoms with Gasteiger partial charge < -0.3 is 10.1 Å². The molecule has 0 unspecified atom stereocenters. The van der Waals surface area contributed by atoms with Gasteiger partial charge in [0.2, 0.25) is 5.88 Å². The number of thioether (sulfide) groups is 1. The number of nitrogens with zero attached hydrogens (tertiary/aromatic N) is 3. The van der Waals surface area contributed by atoms with Crippen LogP contribution in [-0.4, -0.2) is 21.0 Å². The van der Waals surface area contributed by atoms with E-state index in [-0.39, 0.29) is 17.5 Å². The Hall–Kier alpha value is -3.69. The first-order valence-electron chi connectivity index (χ1n) is 8.90. The number of carbonyl (C=O) groups is 1. The zero-order chi connectivity index (χ0) is 21.8. The third-order valence-electron chi connectivity index (χ3n) is 4.04. The van der Waals surface area contributed by atoms with Crippen molar-refractivity contribution in [2.45, 2.75) is 0 Å². The molecule has 1 saturated heterocycles. The summed E-state index contributed by atoms with van der Waals surface area (Å²) in [6.45, 7) is 0. The number of carbonyl (C=O) groups excluding carboxylic acids is 1. The first-order chi connectivity index (χ1) is 15.0. The number of rotatable bonds is 5. The molecular formula is C21H13ClN4O4S. The highest BCUT2D eigenvalue weighted by atomic mass is 35.5. The Balaban J connectivity index is 1.43. The highest BCUT2D eigenvalue weighted by Gasteiger charge is 2.23. The number of amides is 1. The Morgan fingerprint density at radius 1 is 1.10 bits per heavy atom. The molecule has 0 saturated carbocycles. The summed E-state index contributed by atoms with van der Waals surface area (Å²) >= 11 is 7.11. The molecule has 0 radical (unpaired) electrons. The van der Waals surface area contributed by atoms with Gasteiger partial charge in [0.15, 0.2) is 5.17 Å². The van der Waals surface area contributed by atoms with Crippen LogP contribution in [0.3, 0.4) is 0 Å². The van der Waals surface area contributed by atoms with Gasteiger partial charge >= 0.3 is 0 Å². The third-order valence-corrected chi connectivity index (χ3v) is 5.20. The number of hydrogen-bond acceptors (Lipinski definition) is 7. The van der Waals surface area contributed by atoms with E-state index in [1.807, 2.05) is 0 Å². The minimum atomic E-state index is -0.526. The molecule has 10 heteroatoms. The van der Waals surface area contributed by atoms with Gasteiger partial charge in [-0.2, -0.15) is 0 Å². The van der Waals surface area contributed by atoms with Crippen molar-refractivity contribution in [2.24, 2.45) is 4.99 Å². The molecule has 1 N–H and O–H groups in total. The lowest BCUT2D eigenvalue weighted by Crippen LogP contribution is -2.19. The second-order valence-electron chi connectivity index (χ2n) is 6.24. The minimum absolute atomic E-state index is 0.111. The Bertz CT molecular complexity index is 1190. The topological polar surface area (TPSA) is 107 Å². The van der Waals surface area contributed by atoms with Crippen molar-refractivity contribution in [3.63, 3.8) is 0 Å². The third kappa shape index (κ3) is 5.27. The molecule has 2 heterocycles. The van der Waals surface area contributed by atoms with E-state index < -0.39 is 4.92 Å². The average molecular weight is 453 g/mol. The second-order valence-corrected chi connectivity index (χ2v) is 7.71. The maximum absolute atomic E-state index is 12.2. The smallest absolute Gasteiger partial charge is 0.287 e. The second kappa shape index (κ2) is 8.99. The van der Waals surface area contributed by atoms with Crippen LogP contribution in [0.5, 0.6) is 11.6 Å². The standard InChI is InChI=1S/C21H13ClN4O4S/c22-14-3-5-15(6-4-14)24-21-25-20(27)18(31-21)11-13-1-8-17(9-2-13)30-19-10-7-16(12-23-19)26(28)29/h1-12H,(H,24,25,27)/b18-11-. The molecule has 1 aromatic heterocycles. The van der Waals surface area contributed by atoms with Crippen molar-refractivity contribution in [2.75, 3.05) is 0 Å². The molecule has 154 valence electrons. The number of halogens is 1. The summed E-state index contributed by atoms with van der Waals surface area (Å²) < 4.78 is 5.58. The van der Waals surface area contributed by atoms with Crippen LogP contribution < -0.4 is 10.1 Å². The van der Waals surface area contributed by atoms with Crippen LogP contribution in [0.4, 0.5) is 11.4 Å². The zero-order valence-electron chi connectivity index (χ0n) is 15.7. The van der Waals surface area contributed by atoms with E-state index in [1.54, 1.807) is 54.6 Å². The highest BCUT2D eigenvalue weighted by molar-refractivity contribution is 8.18. The fourth-order valence-corrected chi connectivity index (χ4v) is 3.53. The zero-order valence-corrected chi connectivity index (χ0v) is 17.3. The summed E-state index contributed by atoms with van der Waals surface area (Å²) in [5, 5.41) is 14.5. The molecule has 3 aromatic rings. The number of nitro groups is 1. The lowest BCUT2D eigenvalue weighted by molar-refractivity contribution is -0.385. The van der Waals surface area contributed by atoms with Gasteiger partial charge in [-0.25, -0.2) is 9.98 Å². The van der Waals surface area contributed by atoms with Gasteiger partial charge in [-0.3, -0.25) is 14.9 Å². The fourth-order valence-electron chi connectivity index (χ4n) is 2.56. The molecule has 4 rings (SSSR count). The molecule has 2 aromatic carbocycles. The Morgan fingerprint density at radius 2 is 1.84 bits per heavy atom. The molecule has 1 aliphatic rings. The van der Waals surface area contributed by atoms with Crippen LogP contribution in [0.2, 0.25) is 5.02 Å². The Morgan fingerprint density at radius 3 is 2.48 bits per heavy atom. The van der Waals surface area contributed by atoms with Gasteiger partial charge in [0.25, 0.3) is 11.6 Å². The van der Waals surface area contributed by atoms with E-state index in [4.69, 9.17) is 16.3 Å². The molecule has 8 nitrogen and oxygen atoms in total. The highest BCUT2D eigenvalue weighted by Crippen LogP contribution is 2.29. The van der Waals surface area contributed by atoms with Crippen LogP contribution >= 0.6 is 23.4 Å². The number of amidine groups is 1. The minimum Gasteiger partial charge on any atom is -0.439 e. The Kier molecular flexibility index (Phi) is 5.96. The molecule has 1 aliphatic heterocycles. The van der Waals surface area contributed by atoms with Crippen molar-refractivity contribution < 1.29 is 14.5 Å². The van der Waals surface area contributed by atoms with E-state index in [0.717, 1.165) is 11.8 Å². The molecule has 1 fully saturated rings. The summed E-state index contributed by atoms with van der Waals surface area (Å²) in [5.74, 6) is 0.524. The lowest BCUT2D eigenvalue weighted by Gasteiger charge is -2.04. The van der Waals surface area contributed by atoms with Crippen LogP contribution in [0.15, 0.2) is 76.8 Å². The fraction of sp³-hybridized carbons (Fsp3) is 0. The Labute approximate surface area is 185 Å². The first-order valence-corrected chi connectivity index (χ1v) is 10.1. The average Bonchev–Trinajstić information content (AvgIpc) is 3.10. The number of hydrogen-bond donors (Lipinski definition) is 1. The lowest BCUT2D eigenvalue weighted by atomic mass is 10.2. The van der Waals surface area contributed by atoms with Crippen LogP contribution in [0.1, 0.15) is 5.56 Å². The molecule has 0 spiro atoms. The maximum atomic E-state index is 12.2. The summed E-state index contributed by atoms with van der Waals surface area (Å²) in [5.41, 5.74) is 1.38. The van der Waals surface area contributed by atoms with Gasteiger partial charge in [-0.1, -0.05) is 23.7 Å². The van der Waals surface area contributed by atoms with Crippen LogP contribution in [0, 0.1) is 10.1 Å². The van der Waals surface area contributed by atoms with Crippen LogP contribution in [0.25, 0.3) is 6.08 Å². The van der Waals surface area contributed by atoms with Crippen molar-refractivity contribution in [1.29, 1.82) is 0 Å². The van der Waals surface area contributed by atoms with E-state index in [9.17, 15) is 14.9 Å².